The Hall–Kier alpha value is -0.480. The molecule has 4 heteroatoms. The summed E-state index contributed by atoms with van der Waals surface area (Å²) in [6, 6.07) is 2.30. The molecule has 1 aromatic rings. The van der Waals surface area contributed by atoms with E-state index in [9.17, 15) is 8.78 Å². The molecule has 1 saturated carbocycles. The summed E-state index contributed by atoms with van der Waals surface area (Å²) < 4.78 is 26.3. The minimum atomic E-state index is -0.592. The van der Waals surface area contributed by atoms with Gasteiger partial charge in [-0.2, -0.15) is 0 Å². The second-order valence-corrected chi connectivity index (χ2v) is 4.26. The van der Waals surface area contributed by atoms with Crippen LogP contribution < -0.4 is 5.73 Å². The Morgan fingerprint density at radius 2 is 1.85 bits per heavy atom. The summed E-state index contributed by atoms with van der Waals surface area (Å²) in [5.74, 6) is -1.15. The average Bonchev–Trinajstić information content (AvgIpc) is 2.77. The highest BCUT2D eigenvalue weighted by atomic mass is 79.9. The summed E-state index contributed by atoms with van der Waals surface area (Å²) in [4.78, 5) is 0. The molecule has 0 amide bonds. The number of halogens is 3. The van der Waals surface area contributed by atoms with E-state index in [0.29, 0.717) is 5.56 Å². The highest BCUT2D eigenvalue weighted by molar-refractivity contribution is 9.10. The Bertz CT molecular complexity index is 361. The molecule has 0 radical (unpaired) electrons. The number of benzene rings is 1. The van der Waals surface area contributed by atoms with Crippen LogP contribution in [0.4, 0.5) is 8.78 Å². The van der Waals surface area contributed by atoms with Gasteiger partial charge in [0.2, 0.25) is 0 Å². The highest BCUT2D eigenvalue weighted by Crippen LogP contribution is 2.44. The molecule has 1 aliphatic carbocycles. The maximum absolute atomic E-state index is 13.2. The molecule has 1 aliphatic rings. The van der Waals surface area contributed by atoms with Crippen molar-refractivity contribution in [2.45, 2.75) is 18.4 Å². The van der Waals surface area contributed by atoms with Crippen LogP contribution in [0.1, 0.15) is 18.4 Å². The highest BCUT2D eigenvalue weighted by Gasteiger charge is 2.42. The molecule has 0 unspecified atom stereocenters. The normalized spacial score (nSPS) is 18.8. The van der Waals surface area contributed by atoms with Gasteiger partial charge in [-0.3, -0.25) is 0 Å². The van der Waals surface area contributed by atoms with E-state index < -0.39 is 17.2 Å². The quantitative estimate of drug-likeness (QED) is 0.759. The van der Waals surface area contributed by atoms with Crippen LogP contribution in [-0.2, 0) is 5.54 Å². The third kappa shape index (κ3) is 1.48. The van der Waals surface area contributed by atoms with Gasteiger partial charge in [0.1, 0.15) is 11.6 Å². The molecule has 13 heavy (non-hydrogen) atoms. The van der Waals surface area contributed by atoms with Gasteiger partial charge < -0.3 is 5.73 Å². The van der Waals surface area contributed by atoms with Gasteiger partial charge in [-0.25, -0.2) is 8.78 Å². The first-order valence-corrected chi connectivity index (χ1v) is 4.76. The molecular weight excluding hydrogens is 240 g/mol. The predicted molar refractivity (Wildman–Crippen MR) is 49.2 cm³/mol. The molecule has 0 bridgehead atoms. The summed E-state index contributed by atoms with van der Waals surface area (Å²) in [5.41, 5.74) is 5.65. The summed E-state index contributed by atoms with van der Waals surface area (Å²) in [7, 11) is 0. The second kappa shape index (κ2) is 2.75. The Kier molecular flexibility index (Phi) is 1.92. The van der Waals surface area contributed by atoms with Crippen molar-refractivity contribution in [3.05, 3.63) is 33.8 Å². The van der Waals surface area contributed by atoms with Crippen LogP contribution in [0.5, 0.6) is 0 Å². The first kappa shape index (κ1) is 9.09. The van der Waals surface area contributed by atoms with Crippen molar-refractivity contribution < 1.29 is 8.78 Å². The zero-order valence-electron chi connectivity index (χ0n) is 6.78. The van der Waals surface area contributed by atoms with Gasteiger partial charge in [0.25, 0.3) is 0 Å². The predicted octanol–water partition coefficient (Wildman–Crippen LogP) is 2.68. The fraction of sp³-hybridized carbons (Fsp3) is 0.333. The lowest BCUT2D eigenvalue weighted by atomic mass is 10.1. The minimum Gasteiger partial charge on any atom is -0.321 e. The SMILES string of the molecule is NC1(c2cc(Br)c(F)cc2F)CC1. The molecule has 1 fully saturated rings. The number of hydrogen-bond acceptors (Lipinski definition) is 1. The molecule has 2 N–H and O–H groups in total. The number of nitrogens with two attached hydrogens (primary N) is 1. The van der Waals surface area contributed by atoms with Crippen molar-refractivity contribution in [1.29, 1.82) is 0 Å². The minimum absolute atomic E-state index is 0.264. The zero-order chi connectivity index (χ0) is 9.64. The van der Waals surface area contributed by atoms with Crippen molar-refractivity contribution in [3.8, 4) is 0 Å². The van der Waals surface area contributed by atoms with Crippen LogP contribution in [0.2, 0.25) is 0 Å². The van der Waals surface area contributed by atoms with Crippen molar-refractivity contribution in [2.24, 2.45) is 5.73 Å². The standard InChI is InChI=1S/C9H8BrF2N/c10-6-3-5(9(13)1-2-9)7(11)4-8(6)12/h3-4H,1-2,13H2. The molecule has 0 heterocycles. The van der Waals surface area contributed by atoms with Crippen molar-refractivity contribution >= 4 is 15.9 Å². The fourth-order valence-electron chi connectivity index (χ4n) is 1.31. The van der Waals surface area contributed by atoms with Gasteiger partial charge in [0, 0.05) is 17.2 Å². The van der Waals surface area contributed by atoms with E-state index in [1.165, 1.54) is 6.07 Å². The van der Waals surface area contributed by atoms with E-state index in [-0.39, 0.29) is 4.47 Å². The zero-order valence-corrected chi connectivity index (χ0v) is 8.37. The molecular formula is C9H8BrF2N. The van der Waals surface area contributed by atoms with Crippen LogP contribution in [0.25, 0.3) is 0 Å². The lowest BCUT2D eigenvalue weighted by Gasteiger charge is -2.10. The van der Waals surface area contributed by atoms with E-state index in [4.69, 9.17) is 5.73 Å². The molecule has 0 aromatic heterocycles. The summed E-state index contributed by atoms with van der Waals surface area (Å²) in [5, 5.41) is 0. The maximum atomic E-state index is 13.2. The number of hydrogen-bond donors (Lipinski definition) is 1. The Morgan fingerprint density at radius 3 is 2.38 bits per heavy atom. The first-order valence-electron chi connectivity index (χ1n) is 3.97. The van der Waals surface area contributed by atoms with Crippen molar-refractivity contribution in [1.82, 2.24) is 0 Å². The molecule has 0 saturated heterocycles. The van der Waals surface area contributed by atoms with E-state index >= 15 is 0 Å². The molecule has 0 spiro atoms. The van der Waals surface area contributed by atoms with E-state index in [0.717, 1.165) is 18.9 Å². The van der Waals surface area contributed by atoms with Gasteiger partial charge in [-0.1, -0.05) is 0 Å². The lowest BCUT2D eigenvalue weighted by Crippen LogP contribution is -2.20. The Balaban J connectivity index is 2.52. The van der Waals surface area contributed by atoms with Crippen molar-refractivity contribution in [3.63, 3.8) is 0 Å². The molecule has 1 nitrogen and oxygen atoms in total. The van der Waals surface area contributed by atoms with Gasteiger partial charge in [-0.15, -0.1) is 0 Å². The molecule has 0 aliphatic heterocycles. The third-order valence-electron chi connectivity index (χ3n) is 2.34. The molecule has 0 atom stereocenters. The van der Waals surface area contributed by atoms with Gasteiger partial charge >= 0.3 is 0 Å². The lowest BCUT2D eigenvalue weighted by molar-refractivity contribution is 0.549. The van der Waals surface area contributed by atoms with Crippen molar-refractivity contribution in [2.75, 3.05) is 0 Å². The fourth-order valence-corrected chi connectivity index (χ4v) is 1.65. The van der Waals surface area contributed by atoms with Crippen LogP contribution in [0, 0.1) is 11.6 Å². The van der Waals surface area contributed by atoms with E-state index in [1.807, 2.05) is 0 Å². The monoisotopic (exact) mass is 247 g/mol. The topological polar surface area (TPSA) is 26.0 Å². The Labute approximate surface area is 83.1 Å². The summed E-state index contributed by atoms with van der Waals surface area (Å²) in [6.45, 7) is 0. The smallest absolute Gasteiger partial charge is 0.140 e. The van der Waals surface area contributed by atoms with Gasteiger partial charge in [-0.05, 0) is 34.8 Å². The molecule has 70 valence electrons. The summed E-state index contributed by atoms with van der Waals surface area (Å²) in [6.07, 6.45) is 1.53. The van der Waals surface area contributed by atoms with Gasteiger partial charge in [0.15, 0.2) is 0 Å². The summed E-state index contributed by atoms with van der Waals surface area (Å²) >= 11 is 3.00. The van der Waals surface area contributed by atoms with Crippen LogP contribution >= 0.6 is 15.9 Å². The van der Waals surface area contributed by atoms with Gasteiger partial charge in [0.05, 0.1) is 4.47 Å². The van der Waals surface area contributed by atoms with Crippen LogP contribution in [-0.4, -0.2) is 0 Å². The number of rotatable bonds is 1. The van der Waals surface area contributed by atoms with Crippen LogP contribution in [0.3, 0.4) is 0 Å². The largest absolute Gasteiger partial charge is 0.321 e. The second-order valence-electron chi connectivity index (χ2n) is 3.40. The Morgan fingerprint density at radius 1 is 1.23 bits per heavy atom. The average molecular weight is 248 g/mol. The molecule has 1 aromatic carbocycles. The first-order chi connectivity index (χ1) is 6.03. The van der Waals surface area contributed by atoms with Crippen LogP contribution in [0.15, 0.2) is 16.6 Å². The molecule has 2 rings (SSSR count). The third-order valence-corrected chi connectivity index (χ3v) is 2.94. The van der Waals surface area contributed by atoms with E-state index in [2.05, 4.69) is 15.9 Å². The maximum Gasteiger partial charge on any atom is 0.140 e. The van der Waals surface area contributed by atoms with E-state index in [1.54, 1.807) is 0 Å².